The Morgan fingerprint density at radius 1 is 1.39 bits per heavy atom. The minimum Gasteiger partial charge on any atom is -0.336 e. The molecule has 0 spiro atoms. The molecule has 0 radical (unpaired) electrons. The van der Waals surface area contributed by atoms with E-state index in [9.17, 15) is 9.59 Å². The van der Waals surface area contributed by atoms with Gasteiger partial charge in [0.25, 0.3) is 0 Å². The fraction of sp³-hybridized carbons (Fsp3) is 0.286. The summed E-state index contributed by atoms with van der Waals surface area (Å²) < 4.78 is 1.78. The lowest BCUT2D eigenvalue weighted by atomic mass is 10.2. The lowest BCUT2D eigenvalue weighted by Crippen LogP contribution is -2.35. The Morgan fingerprint density at radius 3 is 2.87 bits per heavy atom. The number of nitrogens with one attached hydrogen (secondary N) is 1. The minimum atomic E-state index is -0.342. The van der Waals surface area contributed by atoms with Gasteiger partial charge in [-0.1, -0.05) is 35.5 Å². The van der Waals surface area contributed by atoms with Crippen LogP contribution in [0.1, 0.15) is 0 Å². The number of halogens is 1. The van der Waals surface area contributed by atoms with E-state index >= 15 is 0 Å². The predicted molar refractivity (Wildman–Crippen MR) is 87.3 cm³/mol. The van der Waals surface area contributed by atoms with E-state index in [2.05, 4.69) is 15.5 Å². The fourth-order valence-corrected chi connectivity index (χ4v) is 3.24. The maximum absolute atomic E-state index is 12.0. The number of carbonyl (C=O) groups is 2. The molecular formula is C14H14ClN5O2S. The van der Waals surface area contributed by atoms with Crippen molar-refractivity contribution in [3.63, 3.8) is 0 Å². The monoisotopic (exact) mass is 351 g/mol. The van der Waals surface area contributed by atoms with Crippen molar-refractivity contribution in [2.45, 2.75) is 5.16 Å². The number of aromatic nitrogens is 3. The highest BCUT2D eigenvalue weighted by atomic mass is 35.5. The lowest BCUT2D eigenvalue weighted by molar-refractivity contribution is -0.124. The normalized spacial score (nSPS) is 14.2. The van der Waals surface area contributed by atoms with Crippen molar-refractivity contribution in [2.24, 2.45) is 7.05 Å². The van der Waals surface area contributed by atoms with Crippen LogP contribution in [-0.2, 0) is 11.8 Å². The van der Waals surface area contributed by atoms with Gasteiger partial charge in [-0.25, -0.2) is 4.79 Å². The first kappa shape index (κ1) is 15.8. The maximum Gasteiger partial charge on any atom is 0.324 e. The molecule has 2 aromatic rings. The Bertz CT molecular complexity index is 763. The topological polar surface area (TPSA) is 80.1 Å². The number of urea groups is 1. The van der Waals surface area contributed by atoms with E-state index in [0.717, 1.165) is 5.56 Å². The summed E-state index contributed by atoms with van der Waals surface area (Å²) in [6, 6.07) is 7.02. The zero-order valence-corrected chi connectivity index (χ0v) is 13.9. The number of amides is 3. The molecule has 1 saturated heterocycles. The molecule has 7 nitrogen and oxygen atoms in total. The highest BCUT2D eigenvalue weighted by molar-refractivity contribution is 7.99. The SMILES string of the molecule is Cn1c(SCC(=O)N2CCNC2=O)nnc1-c1ccccc1Cl. The first-order valence-electron chi connectivity index (χ1n) is 6.93. The van der Waals surface area contributed by atoms with Crippen LogP contribution in [0.15, 0.2) is 29.4 Å². The molecule has 1 aromatic carbocycles. The second kappa shape index (κ2) is 6.59. The zero-order valence-electron chi connectivity index (χ0n) is 12.3. The molecular weight excluding hydrogens is 338 g/mol. The number of nitrogens with zero attached hydrogens (tertiary/aromatic N) is 4. The van der Waals surface area contributed by atoms with Crippen LogP contribution in [0.25, 0.3) is 11.4 Å². The van der Waals surface area contributed by atoms with Gasteiger partial charge in [0.15, 0.2) is 11.0 Å². The number of hydrogen-bond donors (Lipinski definition) is 1. The number of thioether (sulfide) groups is 1. The maximum atomic E-state index is 12.0. The molecule has 3 rings (SSSR count). The van der Waals surface area contributed by atoms with E-state index in [4.69, 9.17) is 11.6 Å². The quantitative estimate of drug-likeness (QED) is 0.849. The first-order chi connectivity index (χ1) is 11.1. The van der Waals surface area contributed by atoms with Crippen molar-refractivity contribution in [1.29, 1.82) is 0 Å². The van der Waals surface area contributed by atoms with Gasteiger partial charge < -0.3 is 9.88 Å². The van der Waals surface area contributed by atoms with Gasteiger partial charge in [0, 0.05) is 25.7 Å². The molecule has 23 heavy (non-hydrogen) atoms. The molecule has 0 bridgehead atoms. The minimum absolute atomic E-state index is 0.127. The summed E-state index contributed by atoms with van der Waals surface area (Å²) in [4.78, 5) is 24.7. The molecule has 1 aliphatic rings. The third-order valence-electron chi connectivity index (χ3n) is 3.43. The molecule has 1 aliphatic heterocycles. The average molecular weight is 352 g/mol. The molecule has 3 amide bonds. The molecule has 0 unspecified atom stereocenters. The van der Waals surface area contributed by atoms with Crippen LogP contribution in [0.4, 0.5) is 4.79 Å². The van der Waals surface area contributed by atoms with Gasteiger partial charge >= 0.3 is 6.03 Å². The van der Waals surface area contributed by atoms with Gasteiger partial charge in [0.2, 0.25) is 5.91 Å². The third-order valence-corrected chi connectivity index (χ3v) is 4.77. The van der Waals surface area contributed by atoms with E-state index in [1.165, 1.54) is 16.7 Å². The molecule has 0 atom stereocenters. The summed E-state index contributed by atoms with van der Waals surface area (Å²) in [5.41, 5.74) is 0.779. The largest absolute Gasteiger partial charge is 0.336 e. The Hall–Kier alpha value is -2.06. The average Bonchev–Trinajstić information content (AvgIpc) is 3.12. The molecule has 120 valence electrons. The second-order valence-electron chi connectivity index (χ2n) is 4.91. The fourth-order valence-electron chi connectivity index (χ4n) is 2.23. The Morgan fingerprint density at radius 2 is 2.17 bits per heavy atom. The molecule has 1 fully saturated rings. The van der Waals surface area contributed by atoms with Gasteiger partial charge in [0.1, 0.15) is 0 Å². The third kappa shape index (κ3) is 3.18. The summed E-state index contributed by atoms with van der Waals surface area (Å²) >= 11 is 7.42. The van der Waals surface area contributed by atoms with Crippen molar-refractivity contribution >= 4 is 35.3 Å². The molecule has 2 heterocycles. The highest BCUT2D eigenvalue weighted by Gasteiger charge is 2.26. The number of benzene rings is 1. The molecule has 1 N–H and O–H groups in total. The highest BCUT2D eigenvalue weighted by Crippen LogP contribution is 2.28. The summed E-state index contributed by atoms with van der Waals surface area (Å²) in [5.74, 6) is 0.513. The smallest absolute Gasteiger partial charge is 0.324 e. The Labute approximate surface area is 142 Å². The van der Waals surface area contributed by atoms with Crippen LogP contribution in [0.5, 0.6) is 0 Å². The van der Waals surface area contributed by atoms with E-state index in [1.54, 1.807) is 10.6 Å². The van der Waals surface area contributed by atoms with Crippen molar-refractivity contribution in [3.05, 3.63) is 29.3 Å². The van der Waals surface area contributed by atoms with Gasteiger partial charge in [-0.3, -0.25) is 9.69 Å². The summed E-state index contributed by atoms with van der Waals surface area (Å²) in [5, 5.41) is 12.0. The molecule has 0 aliphatic carbocycles. The van der Waals surface area contributed by atoms with Crippen LogP contribution in [0.2, 0.25) is 5.02 Å². The summed E-state index contributed by atoms with van der Waals surface area (Å²) in [7, 11) is 1.81. The number of imide groups is 1. The van der Waals surface area contributed by atoms with Crippen LogP contribution >= 0.6 is 23.4 Å². The van der Waals surface area contributed by atoms with E-state index in [1.807, 2.05) is 25.2 Å². The van der Waals surface area contributed by atoms with Crippen LogP contribution in [0.3, 0.4) is 0 Å². The van der Waals surface area contributed by atoms with Gasteiger partial charge in [0.05, 0.1) is 10.8 Å². The van der Waals surface area contributed by atoms with Crippen molar-refractivity contribution in [3.8, 4) is 11.4 Å². The zero-order chi connectivity index (χ0) is 16.4. The van der Waals surface area contributed by atoms with E-state index in [0.29, 0.717) is 29.1 Å². The van der Waals surface area contributed by atoms with Crippen LogP contribution in [0, 0.1) is 0 Å². The Balaban J connectivity index is 1.72. The van der Waals surface area contributed by atoms with Crippen molar-refractivity contribution in [2.75, 3.05) is 18.8 Å². The standard InChI is InChI=1S/C14H14ClN5O2S/c1-19-12(9-4-2-3-5-10(9)15)17-18-14(19)23-8-11(21)20-7-6-16-13(20)22/h2-5H,6-8H2,1H3,(H,16,22). The first-order valence-corrected chi connectivity index (χ1v) is 8.29. The van der Waals surface area contributed by atoms with E-state index in [-0.39, 0.29) is 17.7 Å². The lowest BCUT2D eigenvalue weighted by Gasteiger charge is -2.11. The van der Waals surface area contributed by atoms with Gasteiger partial charge in [-0.15, -0.1) is 10.2 Å². The summed E-state index contributed by atoms with van der Waals surface area (Å²) in [6.07, 6.45) is 0. The van der Waals surface area contributed by atoms with Gasteiger partial charge in [-0.2, -0.15) is 0 Å². The molecule has 0 saturated carbocycles. The van der Waals surface area contributed by atoms with Crippen LogP contribution < -0.4 is 5.32 Å². The summed E-state index contributed by atoms with van der Waals surface area (Å²) in [6.45, 7) is 0.901. The second-order valence-corrected chi connectivity index (χ2v) is 6.26. The number of carbonyl (C=O) groups excluding carboxylic acids is 2. The van der Waals surface area contributed by atoms with E-state index < -0.39 is 0 Å². The van der Waals surface area contributed by atoms with Gasteiger partial charge in [-0.05, 0) is 12.1 Å². The van der Waals surface area contributed by atoms with Crippen LogP contribution in [-0.4, -0.2) is 50.4 Å². The molecule has 9 heteroatoms. The molecule has 1 aromatic heterocycles. The number of hydrogen-bond acceptors (Lipinski definition) is 5. The predicted octanol–water partition coefficient (Wildman–Crippen LogP) is 1.78. The van der Waals surface area contributed by atoms with Crippen molar-refractivity contribution in [1.82, 2.24) is 25.0 Å². The van der Waals surface area contributed by atoms with Crippen molar-refractivity contribution < 1.29 is 9.59 Å². The Kier molecular flexibility index (Phi) is 4.53. The number of rotatable bonds is 4.